The first-order valence-corrected chi connectivity index (χ1v) is 12.4. The van der Waals surface area contributed by atoms with E-state index in [4.69, 9.17) is 4.74 Å². The molecule has 0 amide bonds. The second kappa shape index (κ2) is 10.3. The topological polar surface area (TPSA) is 70.0 Å². The molecule has 2 aliphatic rings. The van der Waals surface area contributed by atoms with Crippen LogP contribution in [0.1, 0.15) is 37.7 Å². The maximum absolute atomic E-state index is 13.2. The van der Waals surface area contributed by atoms with Crippen LogP contribution in [-0.2, 0) is 16.0 Å². The average molecular weight is 470 g/mol. The number of aromatic hydroxyl groups is 1. The van der Waals surface area contributed by atoms with Crippen LogP contribution in [0.25, 0.3) is 0 Å². The molecule has 0 bridgehead atoms. The van der Waals surface area contributed by atoms with E-state index < -0.39 is 18.1 Å². The van der Waals surface area contributed by atoms with E-state index in [0.29, 0.717) is 18.4 Å². The summed E-state index contributed by atoms with van der Waals surface area (Å²) in [6.45, 7) is 0. The number of carbonyl (C=O) groups excluding carboxylic acids is 1. The number of esters is 1. The van der Waals surface area contributed by atoms with E-state index in [2.05, 4.69) is 4.90 Å². The number of phenolic OH excluding ortho intramolecular Hbond substituents is 1. The van der Waals surface area contributed by atoms with Crippen molar-refractivity contribution in [3.63, 3.8) is 0 Å². The van der Waals surface area contributed by atoms with Crippen molar-refractivity contribution in [1.29, 1.82) is 0 Å². The van der Waals surface area contributed by atoms with Gasteiger partial charge in [0.2, 0.25) is 0 Å². The molecule has 0 spiro atoms. The van der Waals surface area contributed by atoms with Crippen LogP contribution in [0, 0.1) is 5.92 Å². The second-order valence-corrected chi connectivity index (χ2v) is 9.43. The highest BCUT2D eigenvalue weighted by Crippen LogP contribution is 2.42. The Morgan fingerprint density at radius 3 is 1.91 bits per heavy atom. The fourth-order valence-corrected chi connectivity index (χ4v) is 5.42. The fourth-order valence-electron chi connectivity index (χ4n) is 5.42. The van der Waals surface area contributed by atoms with Crippen LogP contribution in [-0.4, -0.2) is 28.3 Å². The number of aliphatic hydroxyl groups is 1. The first-order chi connectivity index (χ1) is 17.1. The standard InChI is InChI=1S/C30H31NO4/c32-25-18-15-21(16-19-25)17-20-26-28(33)27(29(35-30(26)34)22-9-7-8-10-22)31(23-11-3-1-4-12-23)24-13-5-2-6-14-24/h1-6,11-16,18-19,22,27,29,32-33H,7-10,17,20H2. The maximum Gasteiger partial charge on any atom is 0.337 e. The Morgan fingerprint density at radius 2 is 1.34 bits per heavy atom. The first kappa shape index (κ1) is 23.0. The lowest BCUT2D eigenvalue weighted by Gasteiger charge is -2.43. The summed E-state index contributed by atoms with van der Waals surface area (Å²) in [6.07, 6.45) is 4.69. The molecule has 3 aromatic carbocycles. The summed E-state index contributed by atoms with van der Waals surface area (Å²) in [4.78, 5) is 15.3. The summed E-state index contributed by atoms with van der Waals surface area (Å²) in [6, 6.07) is 26.4. The molecule has 2 atom stereocenters. The van der Waals surface area contributed by atoms with E-state index in [-0.39, 0.29) is 17.4 Å². The van der Waals surface area contributed by atoms with Crippen molar-refractivity contribution in [3.05, 3.63) is 102 Å². The number of ether oxygens (including phenoxy) is 1. The molecule has 3 aromatic rings. The second-order valence-electron chi connectivity index (χ2n) is 9.43. The Labute approximate surface area is 206 Å². The SMILES string of the molecule is O=C1OC(C2CCCC2)C(N(c2ccccc2)c2ccccc2)C(O)=C1CCc1ccc(O)cc1. The highest BCUT2D eigenvalue weighted by Gasteiger charge is 2.46. The molecule has 0 saturated heterocycles. The van der Waals surface area contributed by atoms with E-state index in [1.807, 2.05) is 72.8 Å². The van der Waals surface area contributed by atoms with E-state index in [1.165, 1.54) is 0 Å². The molecule has 1 saturated carbocycles. The first-order valence-electron chi connectivity index (χ1n) is 12.4. The zero-order valence-electron chi connectivity index (χ0n) is 19.7. The summed E-state index contributed by atoms with van der Waals surface area (Å²) < 4.78 is 6.16. The van der Waals surface area contributed by atoms with Crippen molar-refractivity contribution in [2.24, 2.45) is 5.92 Å². The van der Waals surface area contributed by atoms with Gasteiger partial charge in [0.05, 0.1) is 5.57 Å². The Kier molecular flexibility index (Phi) is 6.75. The van der Waals surface area contributed by atoms with Crippen molar-refractivity contribution in [3.8, 4) is 5.75 Å². The Bertz CT molecular complexity index is 1130. The van der Waals surface area contributed by atoms with Gasteiger partial charge in [-0.25, -0.2) is 4.79 Å². The van der Waals surface area contributed by atoms with E-state index >= 15 is 0 Å². The summed E-state index contributed by atoms with van der Waals surface area (Å²) in [5.41, 5.74) is 3.19. The number of hydrogen-bond donors (Lipinski definition) is 2. The Morgan fingerprint density at radius 1 is 0.771 bits per heavy atom. The smallest absolute Gasteiger partial charge is 0.337 e. The number of phenols is 1. The van der Waals surface area contributed by atoms with Gasteiger partial charge >= 0.3 is 5.97 Å². The van der Waals surface area contributed by atoms with Crippen molar-refractivity contribution in [1.82, 2.24) is 0 Å². The molecule has 1 aliphatic heterocycles. The molecule has 1 fully saturated rings. The molecule has 2 unspecified atom stereocenters. The van der Waals surface area contributed by atoms with Gasteiger partial charge in [0.25, 0.3) is 0 Å². The molecular weight excluding hydrogens is 438 g/mol. The molecule has 5 rings (SSSR count). The summed E-state index contributed by atoms with van der Waals surface area (Å²) >= 11 is 0. The minimum absolute atomic E-state index is 0.102. The van der Waals surface area contributed by atoms with Crippen molar-refractivity contribution in [2.75, 3.05) is 4.90 Å². The number of aryl methyl sites for hydroxylation is 1. The van der Waals surface area contributed by atoms with Crippen molar-refractivity contribution >= 4 is 17.3 Å². The maximum atomic E-state index is 13.2. The van der Waals surface area contributed by atoms with Gasteiger partial charge in [-0.3, -0.25) is 0 Å². The minimum Gasteiger partial charge on any atom is -0.509 e. The van der Waals surface area contributed by atoms with Gasteiger partial charge < -0.3 is 19.8 Å². The van der Waals surface area contributed by atoms with E-state index in [1.54, 1.807) is 12.1 Å². The van der Waals surface area contributed by atoms with Crippen LogP contribution in [0.2, 0.25) is 0 Å². The van der Waals surface area contributed by atoms with Gasteiger partial charge in [-0.1, -0.05) is 61.4 Å². The third kappa shape index (κ3) is 4.90. The number of hydrogen-bond acceptors (Lipinski definition) is 5. The van der Waals surface area contributed by atoms with E-state index in [9.17, 15) is 15.0 Å². The number of carbonyl (C=O) groups is 1. The van der Waals surface area contributed by atoms with Crippen LogP contribution < -0.4 is 4.90 Å². The lowest BCUT2D eigenvalue weighted by molar-refractivity contribution is -0.151. The third-order valence-electron chi connectivity index (χ3n) is 7.20. The van der Waals surface area contributed by atoms with Crippen molar-refractivity contribution in [2.45, 2.75) is 50.7 Å². The molecular formula is C30H31NO4. The highest BCUT2D eigenvalue weighted by atomic mass is 16.5. The predicted molar refractivity (Wildman–Crippen MR) is 137 cm³/mol. The normalized spacial score (nSPS) is 20.6. The van der Waals surface area contributed by atoms with Gasteiger partial charge in [0.1, 0.15) is 23.7 Å². The summed E-state index contributed by atoms with van der Waals surface area (Å²) in [7, 11) is 0. The number of para-hydroxylation sites is 2. The fraction of sp³-hybridized carbons (Fsp3) is 0.300. The quantitative estimate of drug-likeness (QED) is 0.389. The molecule has 1 heterocycles. The molecule has 0 aromatic heterocycles. The zero-order chi connectivity index (χ0) is 24.2. The Balaban J connectivity index is 1.57. The van der Waals surface area contributed by atoms with Crippen LogP contribution in [0.15, 0.2) is 96.3 Å². The molecule has 5 heteroatoms. The predicted octanol–water partition coefficient (Wildman–Crippen LogP) is 6.46. The number of benzene rings is 3. The number of aliphatic hydroxyl groups excluding tert-OH is 1. The largest absolute Gasteiger partial charge is 0.509 e. The van der Waals surface area contributed by atoms with E-state index in [0.717, 1.165) is 42.6 Å². The van der Waals surface area contributed by atoms with Crippen LogP contribution in [0.3, 0.4) is 0 Å². The molecule has 2 N–H and O–H groups in total. The lowest BCUT2D eigenvalue weighted by atomic mass is 9.87. The van der Waals surface area contributed by atoms with Crippen LogP contribution in [0.4, 0.5) is 11.4 Å². The lowest BCUT2D eigenvalue weighted by Crippen LogP contribution is -2.51. The van der Waals surface area contributed by atoms with Gasteiger partial charge in [0.15, 0.2) is 0 Å². The van der Waals surface area contributed by atoms with Gasteiger partial charge in [-0.05, 0) is 73.6 Å². The average Bonchev–Trinajstić information content (AvgIpc) is 3.43. The monoisotopic (exact) mass is 469 g/mol. The number of cyclic esters (lactones) is 1. The van der Waals surface area contributed by atoms with Crippen molar-refractivity contribution < 1.29 is 19.7 Å². The molecule has 0 radical (unpaired) electrons. The van der Waals surface area contributed by atoms with Gasteiger partial charge in [-0.15, -0.1) is 0 Å². The molecule has 5 nitrogen and oxygen atoms in total. The number of rotatable bonds is 7. The number of anilines is 2. The summed E-state index contributed by atoms with van der Waals surface area (Å²) in [5, 5.41) is 21.3. The zero-order valence-corrected chi connectivity index (χ0v) is 19.7. The molecule has 35 heavy (non-hydrogen) atoms. The molecule has 180 valence electrons. The van der Waals surface area contributed by atoms with Crippen LogP contribution in [0.5, 0.6) is 5.75 Å². The highest BCUT2D eigenvalue weighted by molar-refractivity contribution is 5.91. The summed E-state index contributed by atoms with van der Waals surface area (Å²) in [5.74, 6) is 0.0912. The van der Waals surface area contributed by atoms with Gasteiger partial charge in [-0.2, -0.15) is 0 Å². The number of nitrogens with zero attached hydrogens (tertiary/aromatic N) is 1. The minimum atomic E-state index is -0.504. The van der Waals surface area contributed by atoms with Gasteiger partial charge in [0, 0.05) is 11.4 Å². The third-order valence-corrected chi connectivity index (χ3v) is 7.20. The van der Waals surface area contributed by atoms with Crippen LogP contribution >= 0.6 is 0 Å². The Hall–Kier alpha value is -3.73. The molecule has 1 aliphatic carbocycles.